The number of hydrogen-bond donors (Lipinski definition) is 1. The summed E-state index contributed by atoms with van der Waals surface area (Å²) in [5.41, 5.74) is 0.693. The van der Waals surface area contributed by atoms with Crippen LogP contribution in [0.25, 0.3) is 0 Å². The second-order valence-corrected chi connectivity index (χ2v) is 5.47. The Kier molecular flexibility index (Phi) is 5.18. The first kappa shape index (κ1) is 11.4. The fourth-order valence-corrected chi connectivity index (χ4v) is 2.88. The normalized spacial score (nSPS) is 19.8. The van der Waals surface area contributed by atoms with Crippen LogP contribution in [0.2, 0.25) is 0 Å². The molecule has 1 saturated carbocycles. The minimum absolute atomic E-state index is 0.693. The van der Waals surface area contributed by atoms with Gasteiger partial charge in [-0.05, 0) is 42.7 Å². The zero-order valence-electron chi connectivity index (χ0n) is 9.07. The molecule has 0 saturated heterocycles. The van der Waals surface area contributed by atoms with Gasteiger partial charge < -0.3 is 5.32 Å². The third-order valence-electron chi connectivity index (χ3n) is 3.15. The number of hydrogen-bond acceptors (Lipinski definition) is 2. The molecule has 13 heavy (non-hydrogen) atoms. The van der Waals surface area contributed by atoms with Crippen LogP contribution in [0.3, 0.4) is 0 Å². The second kappa shape index (κ2) is 5.92. The summed E-state index contributed by atoms with van der Waals surface area (Å²) in [7, 11) is 0. The molecule has 78 valence electrons. The molecule has 0 aromatic rings. The van der Waals surface area contributed by atoms with Gasteiger partial charge in [-0.25, -0.2) is 0 Å². The number of thioether (sulfide) groups is 1. The summed E-state index contributed by atoms with van der Waals surface area (Å²) in [6, 6.07) is 0. The van der Waals surface area contributed by atoms with Crippen molar-refractivity contribution >= 4 is 11.8 Å². The van der Waals surface area contributed by atoms with E-state index in [4.69, 9.17) is 0 Å². The fourth-order valence-electron chi connectivity index (χ4n) is 2.02. The predicted molar refractivity (Wildman–Crippen MR) is 62.4 cm³/mol. The Morgan fingerprint density at radius 3 is 2.54 bits per heavy atom. The van der Waals surface area contributed by atoms with Crippen LogP contribution in [0.15, 0.2) is 0 Å². The molecule has 2 heteroatoms. The van der Waals surface area contributed by atoms with Crippen LogP contribution in [-0.4, -0.2) is 24.6 Å². The molecule has 0 aromatic heterocycles. The molecule has 1 N–H and O–H groups in total. The Bertz CT molecular complexity index is 132. The van der Waals surface area contributed by atoms with Gasteiger partial charge in [-0.1, -0.05) is 20.3 Å². The SMILES string of the molecule is CCNCC1(CCSCC)CCC1. The van der Waals surface area contributed by atoms with Gasteiger partial charge in [0.2, 0.25) is 0 Å². The summed E-state index contributed by atoms with van der Waals surface area (Å²) in [6.45, 7) is 6.84. The van der Waals surface area contributed by atoms with Crippen molar-refractivity contribution in [3.8, 4) is 0 Å². The van der Waals surface area contributed by atoms with Crippen LogP contribution >= 0.6 is 11.8 Å². The van der Waals surface area contributed by atoms with E-state index in [2.05, 4.69) is 30.9 Å². The van der Waals surface area contributed by atoms with E-state index in [1.54, 1.807) is 0 Å². The smallest absolute Gasteiger partial charge is 0.000799 e. The van der Waals surface area contributed by atoms with Crippen molar-refractivity contribution in [2.75, 3.05) is 24.6 Å². The Morgan fingerprint density at radius 1 is 1.31 bits per heavy atom. The minimum atomic E-state index is 0.693. The molecular weight excluding hydrogens is 178 g/mol. The molecule has 0 aromatic carbocycles. The third kappa shape index (κ3) is 3.51. The van der Waals surface area contributed by atoms with Crippen molar-refractivity contribution in [2.45, 2.75) is 39.5 Å². The highest BCUT2D eigenvalue weighted by Crippen LogP contribution is 2.43. The highest BCUT2D eigenvalue weighted by atomic mass is 32.2. The second-order valence-electron chi connectivity index (χ2n) is 4.08. The van der Waals surface area contributed by atoms with E-state index < -0.39 is 0 Å². The average molecular weight is 201 g/mol. The summed E-state index contributed by atoms with van der Waals surface area (Å²) < 4.78 is 0. The van der Waals surface area contributed by atoms with Crippen molar-refractivity contribution in [1.82, 2.24) is 5.32 Å². The maximum atomic E-state index is 3.51. The van der Waals surface area contributed by atoms with E-state index in [0.717, 1.165) is 6.54 Å². The van der Waals surface area contributed by atoms with Gasteiger partial charge in [-0.15, -0.1) is 0 Å². The molecule has 0 atom stereocenters. The minimum Gasteiger partial charge on any atom is -0.316 e. The Morgan fingerprint density at radius 2 is 2.08 bits per heavy atom. The van der Waals surface area contributed by atoms with E-state index in [1.807, 2.05) is 0 Å². The van der Waals surface area contributed by atoms with Crippen molar-refractivity contribution in [1.29, 1.82) is 0 Å². The molecule has 0 unspecified atom stereocenters. The average Bonchev–Trinajstić information content (AvgIpc) is 2.08. The molecule has 0 radical (unpaired) electrons. The number of rotatable bonds is 7. The van der Waals surface area contributed by atoms with Gasteiger partial charge in [-0.2, -0.15) is 11.8 Å². The van der Waals surface area contributed by atoms with Crippen molar-refractivity contribution in [2.24, 2.45) is 5.41 Å². The fraction of sp³-hybridized carbons (Fsp3) is 1.00. The molecule has 1 fully saturated rings. The lowest BCUT2D eigenvalue weighted by molar-refractivity contribution is 0.127. The van der Waals surface area contributed by atoms with Crippen LogP contribution < -0.4 is 5.32 Å². The van der Waals surface area contributed by atoms with E-state index in [-0.39, 0.29) is 0 Å². The first-order valence-corrected chi connectivity index (χ1v) is 6.77. The molecule has 0 aliphatic heterocycles. The Balaban J connectivity index is 2.15. The first-order valence-electron chi connectivity index (χ1n) is 5.61. The van der Waals surface area contributed by atoms with Crippen LogP contribution in [0, 0.1) is 5.41 Å². The summed E-state index contributed by atoms with van der Waals surface area (Å²) >= 11 is 2.09. The molecule has 0 bridgehead atoms. The lowest BCUT2D eigenvalue weighted by Gasteiger charge is -2.42. The summed E-state index contributed by atoms with van der Waals surface area (Å²) in [4.78, 5) is 0. The quantitative estimate of drug-likeness (QED) is 0.636. The van der Waals surface area contributed by atoms with Crippen LogP contribution in [0.5, 0.6) is 0 Å². The zero-order valence-corrected chi connectivity index (χ0v) is 9.88. The van der Waals surface area contributed by atoms with Gasteiger partial charge in [0.25, 0.3) is 0 Å². The van der Waals surface area contributed by atoms with Crippen LogP contribution in [-0.2, 0) is 0 Å². The van der Waals surface area contributed by atoms with Crippen molar-refractivity contribution < 1.29 is 0 Å². The zero-order chi connectivity index (χ0) is 9.57. The Hall–Kier alpha value is 0.310. The summed E-state index contributed by atoms with van der Waals surface area (Å²) in [5, 5.41) is 3.51. The standard InChI is InChI=1S/C11H23NS/c1-3-12-10-11(6-5-7-11)8-9-13-4-2/h12H,3-10H2,1-2H3. The summed E-state index contributed by atoms with van der Waals surface area (Å²) in [6.07, 6.45) is 5.81. The van der Waals surface area contributed by atoms with Gasteiger partial charge in [0, 0.05) is 6.54 Å². The van der Waals surface area contributed by atoms with E-state index in [0.29, 0.717) is 5.41 Å². The maximum Gasteiger partial charge on any atom is 0.000799 e. The first-order chi connectivity index (χ1) is 6.33. The van der Waals surface area contributed by atoms with Gasteiger partial charge in [0.15, 0.2) is 0 Å². The third-order valence-corrected chi connectivity index (χ3v) is 4.05. The van der Waals surface area contributed by atoms with Gasteiger partial charge in [-0.3, -0.25) is 0 Å². The predicted octanol–water partition coefficient (Wildman–Crippen LogP) is 2.91. The molecular formula is C11H23NS. The Labute approximate surface area is 87.1 Å². The maximum absolute atomic E-state index is 3.51. The molecule has 0 amide bonds. The molecule has 1 aliphatic rings. The monoisotopic (exact) mass is 201 g/mol. The highest BCUT2D eigenvalue weighted by Gasteiger charge is 2.35. The molecule has 1 nitrogen and oxygen atoms in total. The van der Waals surface area contributed by atoms with Gasteiger partial charge >= 0.3 is 0 Å². The summed E-state index contributed by atoms with van der Waals surface area (Å²) in [5.74, 6) is 2.64. The van der Waals surface area contributed by atoms with Gasteiger partial charge in [0.05, 0.1) is 0 Å². The molecule has 0 spiro atoms. The van der Waals surface area contributed by atoms with Crippen molar-refractivity contribution in [3.63, 3.8) is 0 Å². The van der Waals surface area contributed by atoms with Crippen LogP contribution in [0.1, 0.15) is 39.5 Å². The van der Waals surface area contributed by atoms with E-state index in [1.165, 1.54) is 43.7 Å². The largest absolute Gasteiger partial charge is 0.316 e. The highest BCUT2D eigenvalue weighted by molar-refractivity contribution is 7.99. The van der Waals surface area contributed by atoms with Crippen molar-refractivity contribution in [3.05, 3.63) is 0 Å². The number of nitrogens with one attached hydrogen (secondary N) is 1. The molecule has 1 rings (SSSR count). The lowest BCUT2D eigenvalue weighted by atomic mass is 9.67. The van der Waals surface area contributed by atoms with E-state index in [9.17, 15) is 0 Å². The lowest BCUT2D eigenvalue weighted by Crippen LogP contribution is -2.40. The molecule has 1 aliphatic carbocycles. The van der Waals surface area contributed by atoms with Gasteiger partial charge in [0.1, 0.15) is 0 Å². The topological polar surface area (TPSA) is 12.0 Å². The van der Waals surface area contributed by atoms with E-state index >= 15 is 0 Å². The van der Waals surface area contributed by atoms with Crippen LogP contribution in [0.4, 0.5) is 0 Å². The molecule has 0 heterocycles.